The van der Waals surface area contributed by atoms with E-state index >= 15 is 0 Å². The van der Waals surface area contributed by atoms with Crippen molar-refractivity contribution in [3.63, 3.8) is 0 Å². The van der Waals surface area contributed by atoms with Gasteiger partial charge >= 0.3 is 0 Å². The minimum atomic E-state index is -1.05. The van der Waals surface area contributed by atoms with E-state index in [0.29, 0.717) is 23.7 Å². The van der Waals surface area contributed by atoms with Crippen LogP contribution in [0.3, 0.4) is 0 Å². The van der Waals surface area contributed by atoms with Crippen molar-refractivity contribution >= 4 is 0 Å². The van der Waals surface area contributed by atoms with Gasteiger partial charge in [-0.05, 0) is 66.6 Å². The van der Waals surface area contributed by atoms with E-state index in [-0.39, 0.29) is 22.8 Å². The van der Waals surface area contributed by atoms with Crippen molar-refractivity contribution in [2.45, 2.75) is 46.1 Å². The van der Waals surface area contributed by atoms with Crippen LogP contribution in [0.15, 0.2) is 54.6 Å². The van der Waals surface area contributed by atoms with E-state index in [1.165, 1.54) is 24.3 Å². The first-order valence-corrected chi connectivity index (χ1v) is 11.0. The molecule has 3 aromatic carbocycles. The summed E-state index contributed by atoms with van der Waals surface area (Å²) in [4.78, 5) is 0. The molecule has 0 saturated carbocycles. The van der Waals surface area contributed by atoms with E-state index in [1.54, 1.807) is 18.2 Å². The van der Waals surface area contributed by atoms with Crippen LogP contribution in [0.25, 0.3) is 22.3 Å². The second-order valence-electron chi connectivity index (χ2n) is 8.23. The van der Waals surface area contributed by atoms with E-state index in [2.05, 4.69) is 13.8 Å². The smallest absolute Gasteiger partial charge is 0.159 e. The molecule has 5 heteroatoms. The zero-order valence-corrected chi connectivity index (χ0v) is 18.6. The van der Waals surface area contributed by atoms with Gasteiger partial charge in [-0.3, -0.25) is 0 Å². The summed E-state index contributed by atoms with van der Waals surface area (Å²) in [6.45, 7) is 6.88. The Morgan fingerprint density at radius 1 is 0.719 bits per heavy atom. The normalized spacial score (nSPS) is 13.2. The number of hydrogen-bond acceptors (Lipinski definition) is 1. The third kappa shape index (κ3) is 5.77. The molecule has 0 spiro atoms. The molecule has 3 rings (SSSR count). The van der Waals surface area contributed by atoms with E-state index in [9.17, 15) is 17.6 Å². The molecule has 0 amide bonds. The quantitative estimate of drug-likeness (QED) is 0.237. The number of hydrogen-bond donors (Lipinski definition) is 0. The molecular formula is C27H28F4O. The number of rotatable bonds is 9. The molecule has 1 nitrogen and oxygen atoms in total. The molecular weight excluding hydrogens is 416 g/mol. The third-order valence-corrected chi connectivity index (χ3v) is 5.88. The zero-order valence-electron chi connectivity index (χ0n) is 18.6. The Hall–Kier alpha value is -2.66. The Labute approximate surface area is 187 Å². The van der Waals surface area contributed by atoms with Gasteiger partial charge in [0.05, 0.1) is 6.10 Å². The predicted molar refractivity (Wildman–Crippen MR) is 120 cm³/mol. The average molecular weight is 445 g/mol. The van der Waals surface area contributed by atoms with Crippen LogP contribution in [0.1, 0.15) is 51.7 Å². The molecule has 0 radical (unpaired) electrons. The third-order valence-electron chi connectivity index (χ3n) is 5.88. The molecule has 32 heavy (non-hydrogen) atoms. The van der Waals surface area contributed by atoms with Crippen LogP contribution in [0, 0.1) is 29.2 Å². The lowest BCUT2D eigenvalue weighted by atomic mass is 9.97. The number of ether oxygens (including phenoxy) is 1. The van der Waals surface area contributed by atoms with Crippen LogP contribution in [0.4, 0.5) is 17.6 Å². The lowest BCUT2D eigenvalue weighted by Crippen LogP contribution is -2.04. The predicted octanol–water partition coefficient (Wildman–Crippen LogP) is 8.48. The Morgan fingerprint density at radius 3 is 1.91 bits per heavy atom. The first-order chi connectivity index (χ1) is 15.3. The van der Waals surface area contributed by atoms with E-state index in [1.807, 2.05) is 6.92 Å². The number of halogens is 4. The van der Waals surface area contributed by atoms with Crippen LogP contribution in [0.2, 0.25) is 0 Å². The number of benzene rings is 3. The second-order valence-corrected chi connectivity index (χ2v) is 8.23. The van der Waals surface area contributed by atoms with Crippen LogP contribution in [0.5, 0.6) is 0 Å². The maximum Gasteiger partial charge on any atom is 0.159 e. The maximum atomic E-state index is 14.8. The highest BCUT2D eigenvalue weighted by Gasteiger charge is 2.14. The lowest BCUT2D eigenvalue weighted by Gasteiger charge is -2.16. The monoisotopic (exact) mass is 444 g/mol. The Bertz CT molecular complexity index is 1060. The van der Waals surface area contributed by atoms with Crippen LogP contribution < -0.4 is 0 Å². The van der Waals surface area contributed by atoms with Crippen molar-refractivity contribution < 1.29 is 22.3 Å². The summed E-state index contributed by atoms with van der Waals surface area (Å²) >= 11 is 0. The lowest BCUT2D eigenvalue weighted by molar-refractivity contribution is 0.0609. The van der Waals surface area contributed by atoms with Gasteiger partial charge in [0.1, 0.15) is 11.6 Å². The Morgan fingerprint density at radius 2 is 1.31 bits per heavy atom. The SMILES string of the molecule is CCC(C)CCCOC(C)c1ccc(-c2ccc(-c3ccc(F)c(F)c3)c(F)c2)c(F)c1. The summed E-state index contributed by atoms with van der Waals surface area (Å²) in [5.41, 5.74) is 1.66. The minimum Gasteiger partial charge on any atom is -0.374 e. The van der Waals surface area contributed by atoms with Gasteiger partial charge in [0, 0.05) is 17.7 Å². The summed E-state index contributed by atoms with van der Waals surface area (Å²) in [6, 6.07) is 12.2. The first-order valence-electron chi connectivity index (χ1n) is 11.0. The Balaban J connectivity index is 1.73. The Kier molecular flexibility index (Phi) is 8.08. The van der Waals surface area contributed by atoms with Gasteiger partial charge in [0.2, 0.25) is 0 Å². The fraction of sp³-hybridized carbons (Fsp3) is 0.333. The molecule has 2 atom stereocenters. The summed E-state index contributed by atoms with van der Waals surface area (Å²) < 4.78 is 62.0. The molecule has 0 N–H and O–H groups in total. The van der Waals surface area contributed by atoms with Gasteiger partial charge in [-0.15, -0.1) is 0 Å². The molecule has 0 aromatic heterocycles. The fourth-order valence-corrected chi connectivity index (χ4v) is 3.59. The summed E-state index contributed by atoms with van der Waals surface area (Å²) in [6.07, 6.45) is 2.96. The maximum absolute atomic E-state index is 14.8. The molecule has 2 unspecified atom stereocenters. The highest BCUT2D eigenvalue weighted by molar-refractivity contribution is 5.71. The topological polar surface area (TPSA) is 9.23 Å². The van der Waals surface area contributed by atoms with Gasteiger partial charge in [-0.25, -0.2) is 17.6 Å². The zero-order chi connectivity index (χ0) is 23.3. The van der Waals surface area contributed by atoms with E-state index in [0.717, 1.165) is 31.4 Å². The van der Waals surface area contributed by atoms with Crippen molar-refractivity contribution in [2.75, 3.05) is 6.61 Å². The first kappa shape index (κ1) is 24.0. The minimum absolute atomic E-state index is 0.115. The van der Waals surface area contributed by atoms with Gasteiger partial charge in [0.15, 0.2) is 11.6 Å². The van der Waals surface area contributed by atoms with Crippen molar-refractivity contribution in [1.29, 1.82) is 0 Å². The van der Waals surface area contributed by atoms with Gasteiger partial charge in [-0.2, -0.15) is 0 Å². The van der Waals surface area contributed by atoms with Crippen molar-refractivity contribution in [2.24, 2.45) is 5.92 Å². The fourth-order valence-electron chi connectivity index (χ4n) is 3.59. The van der Waals surface area contributed by atoms with Gasteiger partial charge in [0.25, 0.3) is 0 Å². The van der Waals surface area contributed by atoms with E-state index in [4.69, 9.17) is 4.74 Å². The highest BCUT2D eigenvalue weighted by Crippen LogP contribution is 2.31. The van der Waals surface area contributed by atoms with Crippen LogP contribution in [-0.4, -0.2) is 6.61 Å². The molecule has 0 aliphatic carbocycles. The van der Waals surface area contributed by atoms with Crippen molar-refractivity contribution in [1.82, 2.24) is 0 Å². The van der Waals surface area contributed by atoms with Crippen molar-refractivity contribution in [3.05, 3.63) is 83.4 Å². The highest BCUT2D eigenvalue weighted by atomic mass is 19.2. The largest absolute Gasteiger partial charge is 0.374 e. The van der Waals surface area contributed by atoms with Crippen LogP contribution in [-0.2, 0) is 4.74 Å². The second kappa shape index (κ2) is 10.8. The molecule has 3 aromatic rings. The molecule has 0 bridgehead atoms. The molecule has 0 heterocycles. The standard InChI is InChI=1S/C27H28F4O/c1-4-17(2)6-5-13-32-18(3)19-7-10-22(25(29)14-19)20-8-11-23(26(30)15-20)21-9-12-24(28)27(31)16-21/h7-12,14-18H,4-6,13H2,1-3H3. The van der Waals surface area contributed by atoms with Gasteiger partial charge < -0.3 is 4.74 Å². The summed E-state index contributed by atoms with van der Waals surface area (Å²) in [5, 5.41) is 0. The van der Waals surface area contributed by atoms with E-state index < -0.39 is 23.3 Å². The molecule has 0 aliphatic heterocycles. The van der Waals surface area contributed by atoms with Crippen molar-refractivity contribution in [3.8, 4) is 22.3 Å². The molecule has 0 saturated heterocycles. The molecule has 0 aliphatic rings. The molecule has 170 valence electrons. The summed E-state index contributed by atoms with van der Waals surface area (Å²) in [5.74, 6) is -2.50. The van der Waals surface area contributed by atoms with Crippen LogP contribution >= 0.6 is 0 Å². The van der Waals surface area contributed by atoms with Gasteiger partial charge in [-0.1, -0.05) is 50.6 Å². The average Bonchev–Trinajstić information content (AvgIpc) is 2.78. The molecule has 0 fully saturated rings. The summed E-state index contributed by atoms with van der Waals surface area (Å²) in [7, 11) is 0.